The van der Waals surface area contributed by atoms with E-state index in [-0.39, 0.29) is 6.04 Å². The van der Waals surface area contributed by atoms with Gasteiger partial charge in [-0.2, -0.15) is 5.10 Å². The van der Waals surface area contributed by atoms with Gasteiger partial charge in [0.15, 0.2) is 17.2 Å². The maximum Gasteiger partial charge on any atom is 0.180 e. The lowest BCUT2D eigenvalue weighted by Gasteiger charge is -2.25. The number of imidazole rings is 1. The van der Waals surface area contributed by atoms with E-state index in [0.29, 0.717) is 51.8 Å². The Hall–Kier alpha value is -3.29. The molecule has 0 saturated heterocycles. The van der Waals surface area contributed by atoms with Crippen LogP contribution in [0.3, 0.4) is 0 Å². The zero-order valence-corrected chi connectivity index (χ0v) is 19.6. The predicted octanol–water partition coefficient (Wildman–Crippen LogP) is 5.60. The van der Waals surface area contributed by atoms with Gasteiger partial charge in [0.2, 0.25) is 0 Å². The van der Waals surface area contributed by atoms with Crippen LogP contribution >= 0.6 is 23.2 Å². The quantitative estimate of drug-likeness (QED) is 0.378. The molecule has 4 aromatic rings. The van der Waals surface area contributed by atoms with E-state index < -0.39 is 0 Å². The number of aromatic nitrogens is 3. The maximum atomic E-state index is 6.40. The summed E-state index contributed by atoms with van der Waals surface area (Å²) >= 11 is 12.4. The van der Waals surface area contributed by atoms with E-state index >= 15 is 0 Å². The Labute approximate surface area is 206 Å². The highest BCUT2D eigenvalue weighted by molar-refractivity contribution is 6.35. The second-order valence-corrected chi connectivity index (χ2v) is 9.39. The normalized spacial score (nSPS) is 17.7. The second kappa shape index (κ2) is 8.81. The summed E-state index contributed by atoms with van der Waals surface area (Å²) in [4.78, 5) is 10.1. The molecular formula is C25H21Cl2N5O2. The van der Waals surface area contributed by atoms with E-state index in [9.17, 15) is 0 Å². The maximum absolute atomic E-state index is 6.40. The number of halogens is 2. The molecule has 1 atom stereocenters. The summed E-state index contributed by atoms with van der Waals surface area (Å²) in [5.74, 6) is 2.47. The Bertz CT molecular complexity index is 1400. The van der Waals surface area contributed by atoms with Crippen LogP contribution in [0.2, 0.25) is 10.0 Å². The van der Waals surface area contributed by atoms with E-state index in [4.69, 9.17) is 32.8 Å². The lowest BCUT2D eigenvalue weighted by molar-refractivity contribution is 0.109. The van der Waals surface area contributed by atoms with Crippen molar-refractivity contribution in [1.82, 2.24) is 19.9 Å². The zero-order chi connectivity index (χ0) is 23.1. The molecule has 2 aromatic carbocycles. The molecule has 1 N–H and O–H groups in total. The van der Waals surface area contributed by atoms with Gasteiger partial charge in [-0.1, -0.05) is 46.6 Å². The summed E-state index contributed by atoms with van der Waals surface area (Å²) in [7, 11) is 0. The molecule has 34 heavy (non-hydrogen) atoms. The SMILES string of the molecule is Clc1ccc(CC2CON=C(c3c(Oc4cccc(C5CC5)c4)cnn4ccnc34)N2)c(Cl)c1. The Morgan fingerprint density at radius 2 is 2.06 bits per heavy atom. The van der Waals surface area contributed by atoms with Gasteiger partial charge in [-0.25, -0.2) is 9.50 Å². The number of oxime groups is 1. The summed E-state index contributed by atoms with van der Waals surface area (Å²) < 4.78 is 8.00. The average Bonchev–Trinajstić information content (AvgIpc) is 3.59. The molecule has 9 heteroatoms. The molecule has 1 fully saturated rings. The number of rotatable bonds is 6. The van der Waals surface area contributed by atoms with Crippen LogP contribution in [-0.4, -0.2) is 33.1 Å². The molecule has 6 rings (SSSR count). The standard InChI is InChI=1S/C25H21Cl2N5O2/c26-18-7-6-17(21(27)12-18)10-19-14-33-31-24(30-19)23-22(13-29-32-9-8-28-25(23)32)34-20-3-1-2-16(11-20)15-4-5-15/h1-3,6-9,11-13,15,19H,4-5,10,14H2,(H,30,31). The molecule has 1 unspecified atom stereocenters. The van der Waals surface area contributed by atoms with Crippen molar-refractivity contribution in [1.29, 1.82) is 0 Å². The largest absolute Gasteiger partial charge is 0.455 e. The van der Waals surface area contributed by atoms with Crippen LogP contribution in [-0.2, 0) is 11.3 Å². The number of amidine groups is 1. The number of fused-ring (bicyclic) bond motifs is 1. The fourth-order valence-electron chi connectivity index (χ4n) is 4.17. The molecule has 172 valence electrons. The fraction of sp³-hybridized carbons (Fsp3) is 0.240. The van der Waals surface area contributed by atoms with Crippen molar-refractivity contribution in [3.63, 3.8) is 0 Å². The molecule has 0 spiro atoms. The summed E-state index contributed by atoms with van der Waals surface area (Å²) in [6.07, 6.45) is 8.26. The molecule has 1 aliphatic carbocycles. The van der Waals surface area contributed by atoms with Gasteiger partial charge in [-0.05, 0) is 60.6 Å². The van der Waals surface area contributed by atoms with Gasteiger partial charge in [0, 0.05) is 22.4 Å². The highest BCUT2D eigenvalue weighted by Crippen LogP contribution is 2.41. The van der Waals surface area contributed by atoms with Crippen LogP contribution in [0.15, 0.2) is 66.2 Å². The molecular weight excluding hydrogens is 473 g/mol. The van der Waals surface area contributed by atoms with Gasteiger partial charge < -0.3 is 14.9 Å². The van der Waals surface area contributed by atoms with Crippen molar-refractivity contribution in [2.45, 2.75) is 31.2 Å². The first-order valence-corrected chi connectivity index (χ1v) is 11.9. The monoisotopic (exact) mass is 493 g/mol. The van der Waals surface area contributed by atoms with Crippen molar-refractivity contribution in [3.05, 3.63) is 87.8 Å². The Kier molecular flexibility index (Phi) is 5.51. The smallest absolute Gasteiger partial charge is 0.180 e. The topological polar surface area (TPSA) is 73.0 Å². The van der Waals surface area contributed by atoms with Gasteiger partial charge in [0.1, 0.15) is 17.9 Å². The summed E-state index contributed by atoms with van der Waals surface area (Å²) in [5.41, 5.74) is 3.58. The van der Waals surface area contributed by atoms with Crippen LogP contribution in [0.25, 0.3) is 5.65 Å². The van der Waals surface area contributed by atoms with Crippen molar-refractivity contribution in [2.24, 2.45) is 5.16 Å². The van der Waals surface area contributed by atoms with Crippen LogP contribution in [0.5, 0.6) is 11.5 Å². The van der Waals surface area contributed by atoms with Gasteiger partial charge in [0.05, 0.1) is 12.2 Å². The Balaban J connectivity index is 1.31. The molecule has 3 heterocycles. The van der Waals surface area contributed by atoms with Crippen molar-refractivity contribution < 1.29 is 9.57 Å². The van der Waals surface area contributed by atoms with Crippen LogP contribution in [0.1, 0.15) is 35.4 Å². The Morgan fingerprint density at radius 3 is 2.91 bits per heavy atom. The minimum absolute atomic E-state index is 0.0552. The summed E-state index contributed by atoms with van der Waals surface area (Å²) in [6, 6.07) is 13.7. The third-order valence-corrected chi connectivity index (χ3v) is 6.60. The molecule has 2 aliphatic rings. The lowest BCUT2D eigenvalue weighted by Crippen LogP contribution is -2.43. The van der Waals surface area contributed by atoms with E-state index in [1.807, 2.05) is 24.3 Å². The van der Waals surface area contributed by atoms with E-state index in [1.54, 1.807) is 29.2 Å². The van der Waals surface area contributed by atoms with Crippen molar-refractivity contribution >= 4 is 34.7 Å². The molecule has 0 amide bonds. The van der Waals surface area contributed by atoms with Crippen molar-refractivity contribution in [3.8, 4) is 11.5 Å². The first kappa shape index (κ1) is 21.3. The summed E-state index contributed by atoms with van der Waals surface area (Å²) in [6.45, 7) is 0.401. The number of ether oxygens (including phenoxy) is 1. The minimum Gasteiger partial charge on any atom is -0.455 e. The molecule has 2 aromatic heterocycles. The number of nitrogens with zero attached hydrogens (tertiary/aromatic N) is 4. The highest BCUT2D eigenvalue weighted by Gasteiger charge is 2.27. The third-order valence-electron chi connectivity index (χ3n) is 6.02. The third kappa shape index (κ3) is 4.29. The van der Waals surface area contributed by atoms with E-state index in [2.05, 4.69) is 32.7 Å². The first-order chi connectivity index (χ1) is 16.6. The van der Waals surface area contributed by atoms with E-state index in [0.717, 1.165) is 11.3 Å². The van der Waals surface area contributed by atoms with E-state index in [1.165, 1.54) is 18.4 Å². The molecule has 1 saturated carbocycles. The van der Waals surface area contributed by atoms with Crippen LogP contribution in [0, 0.1) is 0 Å². The second-order valence-electron chi connectivity index (χ2n) is 8.54. The zero-order valence-electron chi connectivity index (χ0n) is 18.1. The molecule has 1 aliphatic heterocycles. The first-order valence-electron chi connectivity index (χ1n) is 11.1. The number of hydrogen-bond acceptors (Lipinski definition) is 6. The lowest BCUT2D eigenvalue weighted by atomic mass is 10.1. The van der Waals surface area contributed by atoms with Gasteiger partial charge in [-0.3, -0.25) is 0 Å². The minimum atomic E-state index is -0.0552. The van der Waals surface area contributed by atoms with Gasteiger partial charge in [0.25, 0.3) is 0 Å². The number of nitrogens with one attached hydrogen (secondary N) is 1. The highest BCUT2D eigenvalue weighted by atomic mass is 35.5. The molecule has 0 bridgehead atoms. The van der Waals surface area contributed by atoms with Crippen LogP contribution < -0.4 is 10.1 Å². The predicted molar refractivity (Wildman–Crippen MR) is 131 cm³/mol. The summed E-state index contributed by atoms with van der Waals surface area (Å²) in [5, 5.41) is 13.5. The molecule has 7 nitrogen and oxygen atoms in total. The number of hydrogen-bond donors (Lipinski definition) is 1. The van der Waals surface area contributed by atoms with Gasteiger partial charge in [-0.15, -0.1) is 0 Å². The average molecular weight is 494 g/mol. The van der Waals surface area contributed by atoms with Crippen LogP contribution in [0.4, 0.5) is 0 Å². The Morgan fingerprint density at radius 1 is 1.15 bits per heavy atom. The van der Waals surface area contributed by atoms with Crippen molar-refractivity contribution in [2.75, 3.05) is 6.61 Å². The number of benzene rings is 2. The molecule has 0 radical (unpaired) electrons. The fourth-order valence-corrected chi connectivity index (χ4v) is 4.65. The van der Waals surface area contributed by atoms with Gasteiger partial charge >= 0.3 is 0 Å².